The lowest BCUT2D eigenvalue weighted by Crippen LogP contribution is -2.48. The minimum Gasteiger partial charge on any atom is -0.438 e. The third-order valence-corrected chi connectivity index (χ3v) is 6.26. The van der Waals surface area contributed by atoms with E-state index in [1.807, 2.05) is 72.7 Å². The maximum absolute atomic E-state index is 13.0. The van der Waals surface area contributed by atoms with Crippen LogP contribution in [0.3, 0.4) is 0 Å². The first-order valence-corrected chi connectivity index (χ1v) is 10.6. The molecule has 0 saturated carbocycles. The van der Waals surface area contributed by atoms with Gasteiger partial charge < -0.3 is 4.74 Å². The highest BCUT2D eigenvalue weighted by atomic mass is 16.8. The molecule has 0 radical (unpaired) electrons. The van der Waals surface area contributed by atoms with Crippen molar-refractivity contribution in [2.45, 2.75) is 45.6 Å². The van der Waals surface area contributed by atoms with Gasteiger partial charge in [0.15, 0.2) is 6.10 Å². The zero-order chi connectivity index (χ0) is 21.8. The Morgan fingerprint density at radius 3 is 1.97 bits per heavy atom. The molecule has 2 aliphatic rings. The van der Waals surface area contributed by atoms with Crippen LogP contribution in [-0.4, -0.2) is 17.9 Å². The van der Waals surface area contributed by atoms with Gasteiger partial charge in [0.2, 0.25) is 5.72 Å². The summed E-state index contributed by atoms with van der Waals surface area (Å²) in [5, 5.41) is 1.91. The van der Waals surface area contributed by atoms with E-state index in [9.17, 15) is 4.79 Å². The summed E-state index contributed by atoms with van der Waals surface area (Å²) in [5.74, 6) is 0. The summed E-state index contributed by atoms with van der Waals surface area (Å²) in [5.41, 5.74) is 5.35. The third kappa shape index (κ3) is 3.00. The molecule has 0 spiro atoms. The van der Waals surface area contributed by atoms with E-state index in [2.05, 4.69) is 32.9 Å². The molecule has 3 unspecified atom stereocenters. The Kier molecular flexibility index (Phi) is 4.52. The number of hydroxylamine groups is 1. The second kappa shape index (κ2) is 7.13. The van der Waals surface area contributed by atoms with E-state index in [-0.39, 0.29) is 12.1 Å². The van der Waals surface area contributed by atoms with Gasteiger partial charge in [-0.2, -0.15) is 0 Å². The maximum Gasteiger partial charge on any atom is 0.417 e. The smallest absolute Gasteiger partial charge is 0.417 e. The van der Waals surface area contributed by atoms with E-state index in [0.717, 1.165) is 28.1 Å². The molecular weight excluding hydrogens is 388 g/mol. The molecule has 3 atom stereocenters. The van der Waals surface area contributed by atoms with E-state index in [0.29, 0.717) is 0 Å². The zero-order valence-corrected chi connectivity index (χ0v) is 18.2. The molecule has 5 rings (SSSR count). The third-order valence-electron chi connectivity index (χ3n) is 6.26. The van der Waals surface area contributed by atoms with Crippen molar-refractivity contribution in [3.05, 3.63) is 95.1 Å². The second-order valence-corrected chi connectivity index (χ2v) is 8.54. The Bertz CT molecular complexity index is 1110. The number of hydrogen-bond acceptors (Lipinski definition) is 4. The highest BCUT2D eigenvalue weighted by Gasteiger charge is 2.65. The van der Waals surface area contributed by atoms with Crippen LogP contribution >= 0.6 is 0 Å². The molecule has 0 aliphatic carbocycles. The number of aryl methyl sites for hydroxylation is 3. The zero-order valence-electron chi connectivity index (χ0n) is 18.2. The van der Waals surface area contributed by atoms with Gasteiger partial charge in [0.05, 0.1) is 11.4 Å². The van der Waals surface area contributed by atoms with Gasteiger partial charge in [0.1, 0.15) is 6.04 Å². The van der Waals surface area contributed by atoms with Crippen LogP contribution < -0.4 is 9.96 Å². The van der Waals surface area contributed by atoms with Crippen molar-refractivity contribution in [2.24, 2.45) is 0 Å². The number of rotatable bonds is 3. The minimum absolute atomic E-state index is 0.273. The quantitative estimate of drug-likeness (QED) is 0.539. The van der Waals surface area contributed by atoms with E-state index < -0.39 is 11.8 Å². The summed E-state index contributed by atoms with van der Waals surface area (Å²) in [6.07, 6.45) is -0.889. The van der Waals surface area contributed by atoms with Gasteiger partial charge >= 0.3 is 6.09 Å². The van der Waals surface area contributed by atoms with Crippen LogP contribution in [0.5, 0.6) is 0 Å². The normalized spacial score (nSPS) is 25.0. The molecule has 0 N–H and O–H groups in total. The molecule has 31 heavy (non-hydrogen) atoms. The van der Waals surface area contributed by atoms with Gasteiger partial charge in [0, 0.05) is 0 Å². The van der Waals surface area contributed by atoms with Crippen molar-refractivity contribution >= 4 is 17.5 Å². The Morgan fingerprint density at radius 1 is 0.839 bits per heavy atom. The molecule has 5 nitrogen and oxygen atoms in total. The fourth-order valence-corrected chi connectivity index (χ4v) is 5.06. The van der Waals surface area contributed by atoms with E-state index >= 15 is 0 Å². The molecule has 5 heteroatoms. The number of anilines is 2. The molecule has 2 saturated heterocycles. The van der Waals surface area contributed by atoms with E-state index in [1.165, 1.54) is 5.56 Å². The minimum atomic E-state index is -0.983. The fraction of sp³-hybridized carbons (Fsp3) is 0.269. The lowest BCUT2D eigenvalue weighted by molar-refractivity contribution is -0.0144. The van der Waals surface area contributed by atoms with Gasteiger partial charge in [-0.05, 0) is 68.7 Å². The van der Waals surface area contributed by atoms with Gasteiger partial charge in [-0.25, -0.2) is 19.6 Å². The van der Waals surface area contributed by atoms with Crippen LogP contribution in [0.25, 0.3) is 0 Å². The summed E-state index contributed by atoms with van der Waals surface area (Å²) in [6.45, 7) is 8.25. The molecule has 1 amide bonds. The lowest BCUT2D eigenvalue weighted by Gasteiger charge is -2.31. The first kappa shape index (κ1) is 19.6. The summed E-state index contributed by atoms with van der Waals surface area (Å²) >= 11 is 0. The largest absolute Gasteiger partial charge is 0.438 e. The Morgan fingerprint density at radius 2 is 1.39 bits per heavy atom. The van der Waals surface area contributed by atoms with Crippen LogP contribution in [0.1, 0.15) is 35.2 Å². The number of ether oxygens (including phenoxy) is 1. The number of fused-ring (bicyclic) bond motifs is 1. The monoisotopic (exact) mass is 414 g/mol. The number of hydrogen-bond donors (Lipinski definition) is 0. The Balaban J connectivity index is 1.68. The molecule has 3 aromatic carbocycles. The van der Waals surface area contributed by atoms with Crippen molar-refractivity contribution in [2.75, 3.05) is 9.96 Å². The second-order valence-electron chi connectivity index (χ2n) is 8.54. The predicted molar refractivity (Wildman–Crippen MR) is 121 cm³/mol. The van der Waals surface area contributed by atoms with Crippen molar-refractivity contribution in [3.63, 3.8) is 0 Å². The fourth-order valence-electron chi connectivity index (χ4n) is 5.06. The molecule has 158 valence electrons. The number of para-hydroxylation sites is 2. The Hall–Kier alpha value is -3.31. The number of nitrogens with zero attached hydrogens (tertiary/aromatic N) is 2. The highest BCUT2D eigenvalue weighted by molar-refractivity contribution is 5.92. The van der Waals surface area contributed by atoms with Crippen molar-refractivity contribution in [1.82, 2.24) is 0 Å². The van der Waals surface area contributed by atoms with Crippen molar-refractivity contribution < 1.29 is 14.4 Å². The van der Waals surface area contributed by atoms with Crippen LogP contribution in [-0.2, 0) is 9.57 Å². The van der Waals surface area contributed by atoms with Gasteiger partial charge in [-0.3, -0.25) is 0 Å². The molecule has 3 aromatic rings. The number of carbonyl (C=O) groups is 1. The topological polar surface area (TPSA) is 42.0 Å². The van der Waals surface area contributed by atoms with Crippen molar-refractivity contribution in [1.29, 1.82) is 0 Å². The lowest BCUT2D eigenvalue weighted by atomic mass is 9.88. The van der Waals surface area contributed by atoms with E-state index in [4.69, 9.17) is 9.57 Å². The average molecular weight is 415 g/mol. The summed E-state index contributed by atoms with van der Waals surface area (Å²) < 4.78 is 6.03. The number of benzene rings is 3. The molecule has 0 bridgehead atoms. The molecule has 0 aromatic heterocycles. The van der Waals surface area contributed by atoms with E-state index in [1.54, 1.807) is 4.90 Å². The van der Waals surface area contributed by atoms with Crippen LogP contribution in [0, 0.1) is 20.8 Å². The first-order chi connectivity index (χ1) is 14.9. The Labute approximate surface area is 182 Å². The molecule has 2 aliphatic heterocycles. The summed E-state index contributed by atoms with van der Waals surface area (Å²) in [6, 6.07) is 23.6. The summed E-state index contributed by atoms with van der Waals surface area (Å²) in [4.78, 5) is 21.3. The van der Waals surface area contributed by atoms with Crippen LogP contribution in [0.4, 0.5) is 16.2 Å². The standard InChI is InChI=1S/C26H26N2O3/c1-17-15-18(2)22(19(3)16-17)23-24-26(4,31-28(23)21-13-9-6-10-14-21)27(25(29)30-24)20-11-7-5-8-12-20/h5-16,23-24H,1-4H3. The first-order valence-electron chi connectivity index (χ1n) is 10.6. The van der Waals surface area contributed by atoms with Crippen molar-refractivity contribution in [3.8, 4) is 0 Å². The maximum atomic E-state index is 13.0. The van der Waals surface area contributed by atoms with Gasteiger partial charge in [-0.1, -0.05) is 54.1 Å². The molecule has 2 heterocycles. The molecule has 2 fully saturated rings. The summed E-state index contributed by atoms with van der Waals surface area (Å²) in [7, 11) is 0. The van der Waals surface area contributed by atoms with Crippen LogP contribution in [0.15, 0.2) is 72.8 Å². The highest BCUT2D eigenvalue weighted by Crippen LogP contribution is 2.52. The predicted octanol–water partition coefficient (Wildman–Crippen LogP) is 5.85. The number of amides is 1. The van der Waals surface area contributed by atoms with Gasteiger partial charge in [-0.15, -0.1) is 0 Å². The average Bonchev–Trinajstić information content (AvgIpc) is 3.16. The number of carbonyl (C=O) groups excluding carboxylic acids is 1. The van der Waals surface area contributed by atoms with Crippen LogP contribution in [0.2, 0.25) is 0 Å². The van der Waals surface area contributed by atoms with Gasteiger partial charge in [0.25, 0.3) is 0 Å². The molecular formula is C26H26N2O3. The SMILES string of the molecule is Cc1cc(C)c(C2C3OC(=O)N(c4ccccc4)C3(C)ON2c2ccccc2)c(C)c1.